The molecule has 2 aliphatic rings. The molecule has 1 unspecified atom stereocenters. The molecular formula is C20H39ClN4O2. The Morgan fingerprint density at radius 3 is 2.44 bits per heavy atom. The van der Waals surface area contributed by atoms with E-state index < -0.39 is 0 Å². The van der Waals surface area contributed by atoms with Crippen molar-refractivity contribution in [2.45, 2.75) is 83.1 Å². The van der Waals surface area contributed by atoms with Crippen LogP contribution in [-0.2, 0) is 4.79 Å². The van der Waals surface area contributed by atoms with Crippen molar-refractivity contribution in [2.75, 3.05) is 26.2 Å². The fourth-order valence-corrected chi connectivity index (χ4v) is 3.95. The first-order valence-corrected chi connectivity index (χ1v) is 10.8. The molecule has 6 nitrogen and oxygen atoms in total. The summed E-state index contributed by atoms with van der Waals surface area (Å²) in [4.78, 5) is 23.7. The van der Waals surface area contributed by atoms with E-state index in [2.05, 4.69) is 21.3 Å². The zero-order chi connectivity index (χ0) is 18.5. The fraction of sp³-hybridized carbons (Fsp3) is 0.900. The van der Waals surface area contributed by atoms with Gasteiger partial charge in [-0.3, -0.25) is 4.79 Å². The quantitative estimate of drug-likeness (QED) is 0.424. The van der Waals surface area contributed by atoms with Crippen molar-refractivity contribution in [1.82, 2.24) is 21.3 Å². The minimum Gasteiger partial charge on any atom is -0.356 e. The Hall–Kier alpha value is -1.01. The van der Waals surface area contributed by atoms with E-state index in [1.54, 1.807) is 0 Å². The predicted octanol–water partition coefficient (Wildman–Crippen LogP) is 3.11. The van der Waals surface area contributed by atoms with E-state index in [4.69, 9.17) is 0 Å². The molecule has 1 aliphatic carbocycles. The molecule has 1 saturated carbocycles. The van der Waals surface area contributed by atoms with Gasteiger partial charge in [-0.15, -0.1) is 12.4 Å². The van der Waals surface area contributed by atoms with E-state index in [1.165, 1.54) is 32.1 Å². The topological polar surface area (TPSA) is 82.3 Å². The van der Waals surface area contributed by atoms with Crippen LogP contribution in [0, 0.1) is 5.92 Å². The van der Waals surface area contributed by atoms with Gasteiger partial charge in [0.25, 0.3) is 0 Å². The zero-order valence-corrected chi connectivity index (χ0v) is 17.5. The Balaban J connectivity index is 0.00000364. The highest BCUT2D eigenvalue weighted by Gasteiger charge is 2.15. The highest BCUT2D eigenvalue weighted by molar-refractivity contribution is 5.85. The number of urea groups is 1. The van der Waals surface area contributed by atoms with Crippen molar-refractivity contribution in [1.29, 1.82) is 0 Å². The smallest absolute Gasteiger partial charge is 0.315 e. The molecule has 0 radical (unpaired) electrons. The number of halogens is 1. The number of carbonyl (C=O) groups is 2. The molecule has 1 heterocycles. The fourth-order valence-electron chi connectivity index (χ4n) is 3.95. The maximum absolute atomic E-state index is 11.8. The minimum atomic E-state index is -0.0353. The second-order valence-electron chi connectivity index (χ2n) is 7.90. The van der Waals surface area contributed by atoms with Crippen LogP contribution in [0.1, 0.15) is 77.0 Å². The largest absolute Gasteiger partial charge is 0.356 e. The van der Waals surface area contributed by atoms with Gasteiger partial charge in [0.2, 0.25) is 5.91 Å². The lowest BCUT2D eigenvalue weighted by atomic mass is 9.96. The van der Waals surface area contributed by atoms with Gasteiger partial charge in [-0.1, -0.05) is 25.7 Å². The molecule has 0 aromatic heterocycles. The zero-order valence-electron chi connectivity index (χ0n) is 16.7. The van der Waals surface area contributed by atoms with Gasteiger partial charge in [-0.05, 0) is 64.0 Å². The number of nitrogens with one attached hydrogen (secondary N) is 4. The molecule has 27 heavy (non-hydrogen) atoms. The summed E-state index contributed by atoms with van der Waals surface area (Å²) in [7, 11) is 0. The van der Waals surface area contributed by atoms with E-state index >= 15 is 0 Å². The molecule has 7 heteroatoms. The maximum Gasteiger partial charge on any atom is 0.315 e. The van der Waals surface area contributed by atoms with Gasteiger partial charge in [-0.25, -0.2) is 4.79 Å². The molecule has 0 spiro atoms. The van der Waals surface area contributed by atoms with Gasteiger partial charge in [0.15, 0.2) is 0 Å². The number of hydrogen-bond donors (Lipinski definition) is 4. The molecule has 158 valence electrons. The SMILES string of the molecule is Cl.O=C(CCCCCNC(=O)NC1CCCCC1)NCCC1CCCNC1. The lowest BCUT2D eigenvalue weighted by Gasteiger charge is -2.22. The Labute approximate surface area is 170 Å². The molecule has 1 saturated heterocycles. The van der Waals surface area contributed by atoms with Gasteiger partial charge in [0, 0.05) is 25.6 Å². The summed E-state index contributed by atoms with van der Waals surface area (Å²) in [5, 5.41) is 12.4. The summed E-state index contributed by atoms with van der Waals surface area (Å²) >= 11 is 0. The first kappa shape index (κ1) is 24.0. The van der Waals surface area contributed by atoms with Crippen molar-refractivity contribution in [2.24, 2.45) is 5.92 Å². The van der Waals surface area contributed by atoms with Crippen LogP contribution < -0.4 is 21.3 Å². The highest BCUT2D eigenvalue weighted by Crippen LogP contribution is 2.17. The van der Waals surface area contributed by atoms with Crippen LogP contribution in [0.5, 0.6) is 0 Å². The van der Waals surface area contributed by atoms with Crippen LogP contribution in [0.4, 0.5) is 4.79 Å². The molecule has 3 amide bonds. The molecule has 1 aliphatic heterocycles. The van der Waals surface area contributed by atoms with Crippen molar-refractivity contribution in [3.63, 3.8) is 0 Å². The van der Waals surface area contributed by atoms with E-state index in [0.29, 0.717) is 19.0 Å². The van der Waals surface area contributed by atoms with Crippen molar-refractivity contribution >= 4 is 24.3 Å². The lowest BCUT2D eigenvalue weighted by Crippen LogP contribution is -2.43. The number of hydrogen-bond acceptors (Lipinski definition) is 3. The third-order valence-corrected chi connectivity index (χ3v) is 5.58. The number of carbonyl (C=O) groups excluding carboxylic acids is 2. The van der Waals surface area contributed by atoms with Crippen LogP contribution in [0.2, 0.25) is 0 Å². The van der Waals surface area contributed by atoms with Gasteiger partial charge in [0.05, 0.1) is 0 Å². The van der Waals surface area contributed by atoms with E-state index in [-0.39, 0.29) is 24.3 Å². The minimum absolute atomic E-state index is 0. The van der Waals surface area contributed by atoms with Gasteiger partial charge in [-0.2, -0.15) is 0 Å². The molecular weight excluding hydrogens is 364 g/mol. The average molecular weight is 403 g/mol. The Kier molecular flexibility index (Phi) is 13.3. The molecule has 1 atom stereocenters. The summed E-state index contributed by atoms with van der Waals surface area (Å²) in [5.41, 5.74) is 0. The average Bonchev–Trinajstić information content (AvgIpc) is 2.66. The van der Waals surface area contributed by atoms with Crippen LogP contribution in [0.25, 0.3) is 0 Å². The Bertz CT molecular complexity index is 411. The number of piperidine rings is 1. The Morgan fingerprint density at radius 1 is 0.889 bits per heavy atom. The summed E-state index contributed by atoms with van der Waals surface area (Å²) in [5.74, 6) is 0.881. The standard InChI is InChI=1S/C20H38N4O2.ClH/c25-19(22-15-12-17-8-7-13-21-16-17)11-5-2-6-14-23-20(26)24-18-9-3-1-4-10-18;/h17-18,21H,1-16H2,(H,22,25)(H2,23,24,26);1H. The summed E-state index contributed by atoms with van der Waals surface area (Å²) < 4.78 is 0. The van der Waals surface area contributed by atoms with Crippen molar-refractivity contribution < 1.29 is 9.59 Å². The lowest BCUT2D eigenvalue weighted by molar-refractivity contribution is -0.121. The molecule has 2 fully saturated rings. The van der Waals surface area contributed by atoms with Gasteiger partial charge in [0.1, 0.15) is 0 Å². The highest BCUT2D eigenvalue weighted by atomic mass is 35.5. The third kappa shape index (κ3) is 11.4. The monoisotopic (exact) mass is 402 g/mol. The first-order valence-electron chi connectivity index (χ1n) is 10.8. The van der Waals surface area contributed by atoms with E-state index in [0.717, 1.165) is 64.1 Å². The normalized spacial score (nSPS) is 20.4. The van der Waals surface area contributed by atoms with Gasteiger partial charge >= 0.3 is 6.03 Å². The maximum atomic E-state index is 11.8. The number of unbranched alkanes of at least 4 members (excludes halogenated alkanes) is 2. The second-order valence-corrected chi connectivity index (χ2v) is 7.90. The van der Waals surface area contributed by atoms with Crippen LogP contribution in [0.3, 0.4) is 0 Å². The van der Waals surface area contributed by atoms with Crippen LogP contribution >= 0.6 is 12.4 Å². The second kappa shape index (κ2) is 15.0. The molecule has 4 N–H and O–H groups in total. The summed E-state index contributed by atoms with van der Waals surface area (Å²) in [6.45, 7) is 3.72. The van der Waals surface area contributed by atoms with Crippen molar-refractivity contribution in [3.05, 3.63) is 0 Å². The molecule has 0 bridgehead atoms. The molecule has 2 rings (SSSR count). The van der Waals surface area contributed by atoms with Crippen LogP contribution in [-0.4, -0.2) is 44.2 Å². The third-order valence-electron chi connectivity index (χ3n) is 5.58. The molecule has 0 aromatic carbocycles. The first-order chi connectivity index (χ1) is 12.7. The van der Waals surface area contributed by atoms with Crippen LogP contribution in [0.15, 0.2) is 0 Å². The van der Waals surface area contributed by atoms with E-state index in [1.807, 2.05) is 0 Å². The number of rotatable bonds is 10. The van der Waals surface area contributed by atoms with Gasteiger partial charge < -0.3 is 21.3 Å². The predicted molar refractivity (Wildman–Crippen MR) is 112 cm³/mol. The molecule has 0 aromatic rings. The van der Waals surface area contributed by atoms with Crippen molar-refractivity contribution in [3.8, 4) is 0 Å². The Morgan fingerprint density at radius 2 is 1.70 bits per heavy atom. The summed E-state index contributed by atoms with van der Waals surface area (Å²) in [6, 6.07) is 0.323. The van der Waals surface area contributed by atoms with E-state index in [9.17, 15) is 9.59 Å². The number of amides is 3. The summed E-state index contributed by atoms with van der Waals surface area (Å²) in [6.07, 6.45) is 13.0.